The average Bonchev–Trinajstić information content (AvgIpc) is 3.57. The van der Waals surface area contributed by atoms with E-state index >= 15 is 0 Å². The van der Waals surface area contributed by atoms with Crippen LogP contribution in [0.1, 0.15) is 49.8 Å². The number of nitriles is 2. The number of benzene rings is 1. The van der Waals surface area contributed by atoms with Gasteiger partial charge in [0.15, 0.2) is 0 Å². The summed E-state index contributed by atoms with van der Waals surface area (Å²) in [6.07, 6.45) is 12.8. The van der Waals surface area contributed by atoms with Gasteiger partial charge in [0.25, 0.3) is 0 Å². The summed E-state index contributed by atoms with van der Waals surface area (Å²) < 4.78 is 3.84. The smallest absolute Gasteiger partial charge is 0.116 e. The maximum Gasteiger partial charge on any atom is 0.116 e. The van der Waals surface area contributed by atoms with Gasteiger partial charge in [-0.3, -0.25) is 4.68 Å². The van der Waals surface area contributed by atoms with Crippen LogP contribution in [0.2, 0.25) is 0 Å². The monoisotopic (exact) mass is 497 g/mol. The first-order chi connectivity index (χ1) is 17.6. The van der Waals surface area contributed by atoms with Crippen LogP contribution in [0, 0.1) is 22.7 Å². The average molecular weight is 498 g/mol. The largest absolute Gasteiger partial charge is 0.317 e. The highest BCUT2D eigenvalue weighted by atomic mass is 32.2. The number of nitrogens with one attached hydrogen (secondary N) is 1. The van der Waals surface area contributed by atoms with Gasteiger partial charge in [0.2, 0.25) is 0 Å². The number of aromatic nitrogens is 4. The van der Waals surface area contributed by atoms with Gasteiger partial charge in [-0.1, -0.05) is 23.9 Å². The zero-order valence-corrected chi connectivity index (χ0v) is 21.1. The summed E-state index contributed by atoms with van der Waals surface area (Å²) in [6.45, 7) is 1.44. The van der Waals surface area contributed by atoms with Crippen LogP contribution in [-0.2, 0) is 4.79 Å². The Balaban J connectivity index is 0.000000967. The van der Waals surface area contributed by atoms with Crippen LogP contribution < -0.4 is 5.32 Å². The molecule has 4 aromatic rings. The molecule has 0 spiro atoms. The molecule has 1 N–H and O–H groups in total. The Hall–Kier alpha value is -3.92. The Kier molecular flexibility index (Phi) is 8.17. The van der Waals surface area contributed by atoms with Crippen molar-refractivity contribution in [1.82, 2.24) is 24.7 Å². The van der Waals surface area contributed by atoms with E-state index in [2.05, 4.69) is 44.6 Å². The predicted octanol–water partition coefficient (Wildman–Crippen LogP) is 5.00. The molecule has 5 rings (SSSR count). The maximum atomic E-state index is 9.60. The standard InChI is InChI=1S/C25H23N7S.C2H4O/c1-28-21-6-8-22(9-7-21)31-16-20(14-29-31)18-10-24(25-19(12-27)13-30-32(25)15-18)33-23-5-3-2-4-17(23)11-26;1-2-3/h2-5,10,13-16,21-22,28H,6-9H2,1H3;2H,1H3. The lowest BCUT2D eigenvalue weighted by Crippen LogP contribution is -2.31. The van der Waals surface area contributed by atoms with Gasteiger partial charge < -0.3 is 10.1 Å². The van der Waals surface area contributed by atoms with Crippen molar-refractivity contribution in [3.8, 4) is 23.3 Å². The molecule has 0 unspecified atom stereocenters. The van der Waals surface area contributed by atoms with Gasteiger partial charge in [-0.2, -0.15) is 20.7 Å². The van der Waals surface area contributed by atoms with E-state index in [9.17, 15) is 10.5 Å². The number of hydrogen-bond acceptors (Lipinski definition) is 7. The van der Waals surface area contributed by atoms with Crippen molar-refractivity contribution in [3.63, 3.8) is 0 Å². The third-order valence-electron chi connectivity index (χ3n) is 6.34. The minimum Gasteiger partial charge on any atom is -0.317 e. The molecule has 8 nitrogen and oxygen atoms in total. The second kappa shape index (κ2) is 11.7. The fraction of sp³-hybridized carbons (Fsp3) is 0.296. The number of nitrogens with zero attached hydrogens (tertiary/aromatic N) is 6. The highest BCUT2D eigenvalue weighted by molar-refractivity contribution is 7.99. The summed E-state index contributed by atoms with van der Waals surface area (Å²) in [5, 5.41) is 31.6. The van der Waals surface area contributed by atoms with Crippen LogP contribution in [0.4, 0.5) is 0 Å². The number of carbonyl (C=O) groups excluding carboxylic acids is 1. The van der Waals surface area contributed by atoms with Crippen molar-refractivity contribution in [1.29, 1.82) is 10.5 Å². The van der Waals surface area contributed by atoms with Gasteiger partial charge in [-0.05, 0) is 57.9 Å². The third kappa shape index (κ3) is 5.33. The van der Waals surface area contributed by atoms with Crippen molar-refractivity contribution in [3.05, 3.63) is 66.2 Å². The summed E-state index contributed by atoms with van der Waals surface area (Å²) in [5.74, 6) is 0. The number of aldehydes is 1. The molecule has 0 amide bonds. The van der Waals surface area contributed by atoms with Crippen molar-refractivity contribution >= 4 is 23.6 Å². The van der Waals surface area contributed by atoms with Crippen molar-refractivity contribution in [2.75, 3.05) is 7.05 Å². The van der Waals surface area contributed by atoms with Crippen molar-refractivity contribution in [2.45, 2.75) is 54.5 Å². The topological polar surface area (TPSA) is 112 Å². The normalized spacial score (nSPS) is 17.0. The Morgan fingerprint density at radius 3 is 2.42 bits per heavy atom. The SMILES string of the molecule is CC=O.CNC1CCC(n2cc(-c3cc(Sc4ccccc4C#N)c4c(C#N)cnn4c3)cn2)CC1. The minimum absolute atomic E-state index is 0.415. The van der Waals surface area contributed by atoms with Crippen LogP contribution in [0.5, 0.6) is 0 Å². The molecule has 1 aliphatic carbocycles. The molecule has 3 heterocycles. The van der Waals surface area contributed by atoms with Crippen LogP contribution in [0.3, 0.4) is 0 Å². The third-order valence-corrected chi connectivity index (χ3v) is 7.45. The highest BCUT2D eigenvalue weighted by Gasteiger charge is 2.22. The molecule has 0 aliphatic heterocycles. The van der Waals surface area contributed by atoms with E-state index in [4.69, 9.17) is 4.79 Å². The van der Waals surface area contributed by atoms with Gasteiger partial charge in [0.1, 0.15) is 18.4 Å². The molecular formula is C27H27N7OS. The molecule has 0 saturated heterocycles. The Morgan fingerprint density at radius 1 is 1.00 bits per heavy atom. The minimum atomic E-state index is 0.415. The first kappa shape index (κ1) is 25.2. The van der Waals surface area contributed by atoms with E-state index in [0.717, 1.165) is 58.4 Å². The molecule has 1 aliphatic rings. The van der Waals surface area contributed by atoms with Gasteiger partial charge >= 0.3 is 0 Å². The molecule has 1 saturated carbocycles. The van der Waals surface area contributed by atoms with Crippen molar-refractivity contribution < 1.29 is 4.79 Å². The lowest BCUT2D eigenvalue weighted by atomic mass is 9.91. The molecule has 0 radical (unpaired) electrons. The quantitative estimate of drug-likeness (QED) is 0.386. The highest BCUT2D eigenvalue weighted by Crippen LogP contribution is 2.37. The summed E-state index contributed by atoms with van der Waals surface area (Å²) in [6, 6.07) is 15.1. The lowest BCUT2D eigenvalue weighted by molar-refractivity contribution is -0.106. The molecule has 3 aromatic heterocycles. The number of carbonyl (C=O) groups is 1. The van der Waals surface area contributed by atoms with E-state index in [-0.39, 0.29) is 0 Å². The fourth-order valence-electron chi connectivity index (χ4n) is 4.48. The lowest BCUT2D eigenvalue weighted by Gasteiger charge is -2.28. The fourth-order valence-corrected chi connectivity index (χ4v) is 5.58. The molecule has 0 bridgehead atoms. The number of pyridine rings is 1. The zero-order valence-electron chi connectivity index (χ0n) is 20.3. The van der Waals surface area contributed by atoms with Crippen LogP contribution >= 0.6 is 11.8 Å². The number of rotatable bonds is 5. The molecule has 1 aromatic carbocycles. The van der Waals surface area contributed by atoms with Crippen LogP contribution in [0.25, 0.3) is 16.6 Å². The maximum absolute atomic E-state index is 9.60. The zero-order chi connectivity index (χ0) is 25.5. The molecule has 182 valence electrons. The number of fused-ring (bicyclic) bond motifs is 1. The van der Waals surface area contributed by atoms with Gasteiger partial charge in [-0.25, -0.2) is 4.52 Å². The number of hydrogen-bond donors (Lipinski definition) is 1. The summed E-state index contributed by atoms with van der Waals surface area (Å²) in [5.41, 5.74) is 3.85. The second-order valence-corrected chi connectivity index (χ2v) is 9.59. The van der Waals surface area contributed by atoms with Gasteiger partial charge in [-0.15, -0.1) is 0 Å². The van der Waals surface area contributed by atoms with Crippen LogP contribution in [-0.4, -0.2) is 38.8 Å². The molecule has 9 heteroatoms. The Bertz CT molecular complexity index is 1430. The van der Waals surface area contributed by atoms with Gasteiger partial charge in [0, 0.05) is 39.4 Å². The predicted molar refractivity (Wildman–Crippen MR) is 138 cm³/mol. The molecule has 0 atom stereocenters. The van der Waals surface area contributed by atoms with Crippen LogP contribution in [0.15, 0.2) is 64.9 Å². The van der Waals surface area contributed by atoms with E-state index in [1.165, 1.54) is 18.7 Å². The second-order valence-electron chi connectivity index (χ2n) is 8.51. The summed E-state index contributed by atoms with van der Waals surface area (Å²) in [7, 11) is 2.03. The summed E-state index contributed by atoms with van der Waals surface area (Å²) in [4.78, 5) is 10.5. The molecule has 36 heavy (non-hydrogen) atoms. The van der Waals surface area contributed by atoms with E-state index in [1.807, 2.05) is 37.6 Å². The van der Waals surface area contributed by atoms with E-state index in [1.54, 1.807) is 16.8 Å². The Morgan fingerprint density at radius 2 is 1.72 bits per heavy atom. The van der Waals surface area contributed by atoms with Gasteiger partial charge in [0.05, 0.1) is 35.1 Å². The van der Waals surface area contributed by atoms with E-state index < -0.39 is 0 Å². The first-order valence-electron chi connectivity index (χ1n) is 11.8. The summed E-state index contributed by atoms with van der Waals surface area (Å²) >= 11 is 1.48. The van der Waals surface area contributed by atoms with Crippen molar-refractivity contribution in [2.24, 2.45) is 0 Å². The first-order valence-corrected chi connectivity index (χ1v) is 12.6. The molecular weight excluding hydrogens is 470 g/mol. The van der Waals surface area contributed by atoms with E-state index in [0.29, 0.717) is 23.2 Å². The molecule has 1 fully saturated rings. The Labute approximate surface area is 214 Å².